The van der Waals surface area contributed by atoms with Crippen LogP contribution in [0.2, 0.25) is 0 Å². The molecule has 7 heteroatoms. The number of carbonyl (C=O) groups is 1. The second kappa shape index (κ2) is 7.01. The molecule has 0 unspecified atom stereocenters. The Morgan fingerprint density at radius 2 is 1.96 bits per heavy atom. The fraction of sp³-hybridized carbons (Fsp3) is 0.421. The van der Waals surface area contributed by atoms with Gasteiger partial charge in [-0.25, -0.2) is 9.97 Å². The topological polar surface area (TPSA) is 76.6 Å². The molecule has 0 bridgehead atoms. The molecule has 2 fully saturated rings. The van der Waals surface area contributed by atoms with Crippen molar-refractivity contribution in [2.45, 2.75) is 25.6 Å². The molecule has 26 heavy (non-hydrogen) atoms. The molecule has 7 nitrogen and oxygen atoms in total. The highest BCUT2D eigenvalue weighted by Crippen LogP contribution is 2.31. The van der Waals surface area contributed by atoms with Crippen LogP contribution in [0, 0.1) is 6.92 Å². The van der Waals surface area contributed by atoms with Crippen molar-refractivity contribution in [2.24, 2.45) is 0 Å². The lowest BCUT2D eigenvalue weighted by atomic mass is 10.0. The largest absolute Gasteiger partial charge is 0.347 e. The lowest BCUT2D eigenvalue weighted by Crippen LogP contribution is -2.47. The summed E-state index contributed by atoms with van der Waals surface area (Å²) in [5.41, 5.74) is 2.42. The highest BCUT2D eigenvalue weighted by molar-refractivity contribution is 5.92. The highest BCUT2D eigenvalue weighted by atomic mass is 16.7. The number of benzene rings is 1. The van der Waals surface area contributed by atoms with E-state index in [1.165, 1.54) is 0 Å². The lowest BCUT2D eigenvalue weighted by molar-refractivity contribution is -0.181. The van der Waals surface area contributed by atoms with Crippen LogP contribution in [0.3, 0.4) is 0 Å². The van der Waals surface area contributed by atoms with Gasteiger partial charge in [0.05, 0.1) is 13.2 Å². The smallest absolute Gasteiger partial charge is 0.272 e. The molecule has 0 saturated carbocycles. The molecule has 2 saturated heterocycles. The van der Waals surface area contributed by atoms with E-state index in [1.807, 2.05) is 31.2 Å². The quantitative estimate of drug-likeness (QED) is 0.913. The van der Waals surface area contributed by atoms with Crippen LogP contribution in [0.15, 0.2) is 36.5 Å². The molecule has 2 aliphatic heterocycles. The minimum absolute atomic E-state index is 0.0902. The van der Waals surface area contributed by atoms with E-state index >= 15 is 0 Å². The van der Waals surface area contributed by atoms with E-state index < -0.39 is 5.79 Å². The minimum atomic E-state index is -0.486. The van der Waals surface area contributed by atoms with Crippen molar-refractivity contribution in [2.75, 3.05) is 31.6 Å². The predicted molar refractivity (Wildman–Crippen MR) is 96.3 cm³/mol. The zero-order valence-corrected chi connectivity index (χ0v) is 14.8. The van der Waals surface area contributed by atoms with E-state index in [9.17, 15) is 4.79 Å². The van der Waals surface area contributed by atoms with Crippen LogP contribution in [0.5, 0.6) is 0 Å². The van der Waals surface area contributed by atoms with Crippen molar-refractivity contribution in [1.29, 1.82) is 0 Å². The maximum atomic E-state index is 12.8. The third kappa shape index (κ3) is 3.54. The number of aryl methyl sites for hydroxylation is 1. The summed E-state index contributed by atoms with van der Waals surface area (Å²) in [6.45, 7) is 4.49. The standard InChI is InChI=1S/C19H22N4O3/c1-14-3-2-4-15(13-14)21-18-20-8-5-16(22-18)17(24)23-9-6-19(7-10-23)25-11-12-26-19/h2-5,8,13H,6-7,9-12H2,1H3,(H,20,21,22). The van der Waals surface area contributed by atoms with Crippen LogP contribution in [0.25, 0.3) is 0 Å². The molecule has 1 amide bonds. The van der Waals surface area contributed by atoms with Crippen LogP contribution >= 0.6 is 0 Å². The van der Waals surface area contributed by atoms with Gasteiger partial charge in [0, 0.05) is 37.8 Å². The number of nitrogens with zero attached hydrogens (tertiary/aromatic N) is 3. The molecule has 2 aliphatic rings. The molecule has 136 valence electrons. The number of carbonyl (C=O) groups excluding carboxylic acids is 1. The lowest BCUT2D eigenvalue weighted by Gasteiger charge is -2.37. The average molecular weight is 354 g/mol. The maximum Gasteiger partial charge on any atom is 0.272 e. The first-order valence-corrected chi connectivity index (χ1v) is 8.88. The van der Waals surface area contributed by atoms with Crippen LogP contribution < -0.4 is 5.32 Å². The van der Waals surface area contributed by atoms with E-state index in [0.717, 1.165) is 11.3 Å². The predicted octanol–water partition coefficient (Wildman–Crippen LogP) is 2.51. The van der Waals surface area contributed by atoms with Gasteiger partial charge in [-0.1, -0.05) is 12.1 Å². The first-order valence-electron chi connectivity index (χ1n) is 8.88. The Kier molecular flexibility index (Phi) is 4.57. The van der Waals surface area contributed by atoms with Crippen molar-refractivity contribution in [3.63, 3.8) is 0 Å². The van der Waals surface area contributed by atoms with Gasteiger partial charge in [-0.3, -0.25) is 4.79 Å². The summed E-state index contributed by atoms with van der Waals surface area (Å²) >= 11 is 0. The third-order valence-corrected chi connectivity index (χ3v) is 4.77. The number of hydrogen-bond donors (Lipinski definition) is 1. The van der Waals surface area contributed by atoms with Gasteiger partial charge >= 0.3 is 0 Å². The molecule has 1 aromatic heterocycles. The average Bonchev–Trinajstić information content (AvgIpc) is 3.10. The fourth-order valence-corrected chi connectivity index (χ4v) is 3.39. The Morgan fingerprint density at radius 1 is 1.19 bits per heavy atom. The molecule has 0 aliphatic carbocycles. The Morgan fingerprint density at radius 3 is 2.69 bits per heavy atom. The molecule has 4 rings (SSSR count). The number of amides is 1. The molecule has 1 spiro atoms. The maximum absolute atomic E-state index is 12.8. The van der Waals surface area contributed by atoms with Gasteiger partial charge in [0.2, 0.25) is 5.95 Å². The molecular formula is C19H22N4O3. The zero-order chi connectivity index (χ0) is 18.0. The fourth-order valence-electron chi connectivity index (χ4n) is 3.39. The Labute approximate surface area is 152 Å². The van der Waals surface area contributed by atoms with E-state index in [2.05, 4.69) is 15.3 Å². The van der Waals surface area contributed by atoms with E-state index in [1.54, 1.807) is 17.2 Å². The van der Waals surface area contributed by atoms with Crippen LogP contribution in [0.4, 0.5) is 11.6 Å². The molecule has 1 N–H and O–H groups in total. The number of rotatable bonds is 3. The van der Waals surface area contributed by atoms with Gasteiger partial charge in [0.15, 0.2) is 5.79 Å². The monoisotopic (exact) mass is 354 g/mol. The van der Waals surface area contributed by atoms with Crippen molar-refractivity contribution < 1.29 is 14.3 Å². The van der Waals surface area contributed by atoms with Crippen molar-refractivity contribution in [3.8, 4) is 0 Å². The summed E-state index contributed by atoms with van der Waals surface area (Å²) in [7, 11) is 0. The summed E-state index contributed by atoms with van der Waals surface area (Å²) in [6.07, 6.45) is 2.99. The Balaban J connectivity index is 1.43. The molecule has 0 atom stereocenters. The number of ether oxygens (including phenoxy) is 2. The number of aromatic nitrogens is 2. The first kappa shape index (κ1) is 16.9. The number of piperidine rings is 1. The molecule has 3 heterocycles. The van der Waals surface area contributed by atoms with Gasteiger partial charge in [-0.15, -0.1) is 0 Å². The number of anilines is 2. The van der Waals surface area contributed by atoms with Gasteiger partial charge in [-0.05, 0) is 30.7 Å². The molecule has 1 aromatic carbocycles. The van der Waals surface area contributed by atoms with Gasteiger partial charge < -0.3 is 19.7 Å². The molecular weight excluding hydrogens is 332 g/mol. The molecule has 0 radical (unpaired) electrons. The van der Waals surface area contributed by atoms with E-state index in [4.69, 9.17) is 9.47 Å². The van der Waals surface area contributed by atoms with E-state index in [0.29, 0.717) is 50.8 Å². The SMILES string of the molecule is Cc1cccc(Nc2nccc(C(=O)N3CCC4(CC3)OCCO4)n2)c1. The number of likely N-dealkylation sites (tertiary alicyclic amines) is 1. The third-order valence-electron chi connectivity index (χ3n) is 4.77. The van der Waals surface area contributed by atoms with Gasteiger partial charge in [0.25, 0.3) is 5.91 Å². The summed E-state index contributed by atoms with van der Waals surface area (Å²) in [4.78, 5) is 23.2. The van der Waals surface area contributed by atoms with Gasteiger partial charge in [-0.2, -0.15) is 0 Å². The number of nitrogens with one attached hydrogen (secondary N) is 1. The van der Waals surface area contributed by atoms with Crippen LogP contribution in [-0.4, -0.2) is 52.9 Å². The van der Waals surface area contributed by atoms with Gasteiger partial charge in [0.1, 0.15) is 5.69 Å². The van der Waals surface area contributed by atoms with Crippen molar-refractivity contribution >= 4 is 17.5 Å². The second-order valence-corrected chi connectivity index (χ2v) is 6.66. The first-order chi connectivity index (χ1) is 12.6. The summed E-state index contributed by atoms with van der Waals surface area (Å²) in [6, 6.07) is 9.58. The Hall–Kier alpha value is -2.51. The van der Waals surface area contributed by atoms with Crippen molar-refractivity contribution in [1.82, 2.24) is 14.9 Å². The van der Waals surface area contributed by atoms with Crippen LogP contribution in [0.1, 0.15) is 28.9 Å². The Bertz CT molecular complexity index is 795. The van der Waals surface area contributed by atoms with Crippen molar-refractivity contribution in [3.05, 3.63) is 47.8 Å². The summed E-state index contributed by atoms with van der Waals surface area (Å²) in [5.74, 6) is -0.162. The second-order valence-electron chi connectivity index (χ2n) is 6.66. The normalized spacial score (nSPS) is 18.9. The summed E-state index contributed by atoms with van der Waals surface area (Å²) < 4.78 is 11.4. The van der Waals surface area contributed by atoms with E-state index in [-0.39, 0.29) is 5.91 Å². The number of hydrogen-bond acceptors (Lipinski definition) is 6. The van der Waals surface area contributed by atoms with Crippen LogP contribution in [-0.2, 0) is 9.47 Å². The minimum Gasteiger partial charge on any atom is -0.347 e. The zero-order valence-electron chi connectivity index (χ0n) is 14.8. The summed E-state index contributed by atoms with van der Waals surface area (Å²) in [5, 5.41) is 3.15. The highest BCUT2D eigenvalue weighted by Gasteiger charge is 2.41. The molecule has 2 aromatic rings.